The molecule has 40 valence electrons. The standard InChI is InChI=1S/C5H10N2/c1-3-5-7-6-4-2/h3-5,7H,1-2H3/b5-3-,6-4-. The van der Waals surface area contributed by atoms with Crippen LogP contribution >= 0.6 is 0 Å². The maximum Gasteiger partial charge on any atom is 0.0215 e. The Morgan fingerprint density at radius 1 is 1.43 bits per heavy atom. The zero-order chi connectivity index (χ0) is 5.54. The van der Waals surface area contributed by atoms with Gasteiger partial charge in [0, 0.05) is 12.4 Å². The van der Waals surface area contributed by atoms with Crippen LogP contribution < -0.4 is 5.43 Å². The van der Waals surface area contributed by atoms with Crippen LogP contribution in [0.15, 0.2) is 17.4 Å². The van der Waals surface area contributed by atoms with Gasteiger partial charge in [0.2, 0.25) is 0 Å². The van der Waals surface area contributed by atoms with Gasteiger partial charge in [-0.2, -0.15) is 5.10 Å². The van der Waals surface area contributed by atoms with Crippen molar-refractivity contribution in [3.63, 3.8) is 0 Å². The second kappa shape index (κ2) is 5.21. The van der Waals surface area contributed by atoms with Crippen LogP contribution in [0.1, 0.15) is 13.8 Å². The summed E-state index contributed by atoms with van der Waals surface area (Å²) in [5.74, 6) is 0. The Kier molecular flexibility index (Phi) is 4.62. The number of allylic oxidation sites excluding steroid dienone is 1. The van der Waals surface area contributed by atoms with Crippen LogP contribution in [-0.4, -0.2) is 6.21 Å². The highest BCUT2D eigenvalue weighted by atomic mass is 15.3. The molecular formula is C5H10N2. The van der Waals surface area contributed by atoms with Crippen LogP contribution in [-0.2, 0) is 0 Å². The number of hydrazone groups is 1. The van der Waals surface area contributed by atoms with Gasteiger partial charge in [0.15, 0.2) is 0 Å². The van der Waals surface area contributed by atoms with Crippen molar-refractivity contribution in [2.75, 3.05) is 0 Å². The second-order valence-corrected chi connectivity index (χ2v) is 1.02. The van der Waals surface area contributed by atoms with Crippen molar-refractivity contribution in [1.82, 2.24) is 5.43 Å². The maximum absolute atomic E-state index is 3.70. The molecule has 0 rings (SSSR count). The van der Waals surface area contributed by atoms with Gasteiger partial charge in [0.1, 0.15) is 0 Å². The molecule has 7 heavy (non-hydrogen) atoms. The molecular weight excluding hydrogens is 88.1 g/mol. The summed E-state index contributed by atoms with van der Waals surface area (Å²) in [7, 11) is 0. The Hall–Kier alpha value is -0.790. The van der Waals surface area contributed by atoms with E-state index in [1.165, 1.54) is 0 Å². The molecule has 0 heterocycles. The van der Waals surface area contributed by atoms with Gasteiger partial charge >= 0.3 is 0 Å². The lowest BCUT2D eigenvalue weighted by Crippen LogP contribution is -1.90. The van der Waals surface area contributed by atoms with Crippen molar-refractivity contribution in [3.05, 3.63) is 12.3 Å². The van der Waals surface area contributed by atoms with Gasteiger partial charge in [-0.1, -0.05) is 6.08 Å². The molecule has 2 heteroatoms. The van der Waals surface area contributed by atoms with Crippen molar-refractivity contribution in [2.24, 2.45) is 5.10 Å². The molecule has 1 N–H and O–H groups in total. The number of hydrogen-bond donors (Lipinski definition) is 1. The molecule has 0 unspecified atom stereocenters. The third kappa shape index (κ3) is 5.21. The zero-order valence-corrected chi connectivity index (χ0v) is 4.68. The van der Waals surface area contributed by atoms with E-state index in [1.807, 2.05) is 19.9 Å². The first-order valence-electron chi connectivity index (χ1n) is 2.26. The molecule has 0 aliphatic rings. The highest BCUT2D eigenvalue weighted by molar-refractivity contribution is 5.52. The van der Waals surface area contributed by atoms with E-state index in [9.17, 15) is 0 Å². The van der Waals surface area contributed by atoms with E-state index in [2.05, 4.69) is 10.5 Å². The first-order chi connectivity index (χ1) is 3.41. The van der Waals surface area contributed by atoms with Crippen LogP contribution in [0, 0.1) is 0 Å². The molecule has 0 aliphatic heterocycles. The van der Waals surface area contributed by atoms with E-state index in [0.29, 0.717) is 0 Å². The highest BCUT2D eigenvalue weighted by Crippen LogP contribution is 1.60. The molecule has 0 amide bonds. The van der Waals surface area contributed by atoms with Gasteiger partial charge in [-0.15, -0.1) is 0 Å². The van der Waals surface area contributed by atoms with Gasteiger partial charge in [-0.3, -0.25) is 5.43 Å². The summed E-state index contributed by atoms with van der Waals surface area (Å²) in [6, 6.07) is 0. The normalized spacial score (nSPS) is 11.1. The van der Waals surface area contributed by atoms with Gasteiger partial charge in [-0.25, -0.2) is 0 Å². The molecule has 0 radical (unpaired) electrons. The van der Waals surface area contributed by atoms with E-state index in [1.54, 1.807) is 12.4 Å². The van der Waals surface area contributed by atoms with E-state index < -0.39 is 0 Å². The fourth-order valence-electron chi connectivity index (χ4n) is 0.192. The quantitative estimate of drug-likeness (QED) is 0.406. The molecule has 0 saturated heterocycles. The van der Waals surface area contributed by atoms with E-state index in [4.69, 9.17) is 0 Å². The molecule has 0 fully saturated rings. The van der Waals surface area contributed by atoms with Crippen LogP contribution in [0.2, 0.25) is 0 Å². The lowest BCUT2D eigenvalue weighted by Gasteiger charge is -1.81. The number of hydrogen-bond acceptors (Lipinski definition) is 2. The average Bonchev–Trinajstić information content (AvgIpc) is 1.69. The number of nitrogens with one attached hydrogen (secondary N) is 1. The molecule has 0 aromatic heterocycles. The Balaban J connectivity index is 2.98. The minimum absolute atomic E-state index is 1.69. The van der Waals surface area contributed by atoms with Crippen molar-refractivity contribution >= 4 is 6.21 Å². The highest BCUT2D eigenvalue weighted by Gasteiger charge is 1.55. The predicted molar refractivity (Wildman–Crippen MR) is 32.1 cm³/mol. The van der Waals surface area contributed by atoms with Gasteiger partial charge in [0.05, 0.1) is 0 Å². The molecule has 0 saturated carbocycles. The van der Waals surface area contributed by atoms with Crippen molar-refractivity contribution in [1.29, 1.82) is 0 Å². The molecule has 0 spiro atoms. The SMILES string of the molecule is C/C=C\N/N=C\C. The minimum Gasteiger partial charge on any atom is -0.286 e. The summed E-state index contributed by atoms with van der Waals surface area (Å²) in [4.78, 5) is 0. The monoisotopic (exact) mass is 98.1 g/mol. The van der Waals surface area contributed by atoms with E-state index >= 15 is 0 Å². The predicted octanol–water partition coefficient (Wildman–Crippen LogP) is 1.12. The van der Waals surface area contributed by atoms with Crippen molar-refractivity contribution in [2.45, 2.75) is 13.8 Å². The van der Waals surface area contributed by atoms with E-state index in [0.717, 1.165) is 0 Å². The van der Waals surface area contributed by atoms with Crippen LogP contribution in [0.25, 0.3) is 0 Å². The third-order valence-electron chi connectivity index (χ3n) is 0.445. The zero-order valence-electron chi connectivity index (χ0n) is 4.68. The first kappa shape index (κ1) is 6.21. The molecule has 0 aromatic carbocycles. The minimum atomic E-state index is 1.69. The summed E-state index contributed by atoms with van der Waals surface area (Å²) in [6.07, 6.45) is 5.34. The van der Waals surface area contributed by atoms with Gasteiger partial charge in [-0.05, 0) is 13.8 Å². The molecule has 2 nitrogen and oxygen atoms in total. The fourth-order valence-corrected chi connectivity index (χ4v) is 0.192. The fraction of sp³-hybridized carbons (Fsp3) is 0.400. The smallest absolute Gasteiger partial charge is 0.0215 e. The summed E-state index contributed by atoms with van der Waals surface area (Å²) < 4.78 is 0. The van der Waals surface area contributed by atoms with Crippen LogP contribution in [0.4, 0.5) is 0 Å². The number of nitrogens with zero attached hydrogens (tertiary/aromatic N) is 1. The van der Waals surface area contributed by atoms with Gasteiger partial charge in [0.25, 0.3) is 0 Å². The van der Waals surface area contributed by atoms with Gasteiger partial charge < -0.3 is 0 Å². The molecule has 0 bridgehead atoms. The summed E-state index contributed by atoms with van der Waals surface area (Å²) >= 11 is 0. The lowest BCUT2D eigenvalue weighted by molar-refractivity contribution is 0.971. The first-order valence-corrected chi connectivity index (χ1v) is 2.26. The van der Waals surface area contributed by atoms with Crippen LogP contribution in [0.5, 0.6) is 0 Å². The Morgan fingerprint density at radius 3 is 2.57 bits per heavy atom. The molecule has 0 aromatic rings. The number of rotatable bonds is 2. The topological polar surface area (TPSA) is 24.4 Å². The lowest BCUT2D eigenvalue weighted by atomic mass is 10.7. The van der Waals surface area contributed by atoms with E-state index in [-0.39, 0.29) is 0 Å². The third-order valence-corrected chi connectivity index (χ3v) is 0.445. The Morgan fingerprint density at radius 2 is 2.14 bits per heavy atom. The van der Waals surface area contributed by atoms with Crippen molar-refractivity contribution < 1.29 is 0 Å². The molecule has 0 aliphatic carbocycles. The summed E-state index contributed by atoms with van der Waals surface area (Å²) in [5, 5.41) is 3.70. The second-order valence-electron chi connectivity index (χ2n) is 1.02. The Bertz CT molecular complexity index is 64.1. The largest absolute Gasteiger partial charge is 0.286 e. The van der Waals surface area contributed by atoms with Crippen molar-refractivity contribution in [3.8, 4) is 0 Å². The summed E-state index contributed by atoms with van der Waals surface area (Å²) in [5.41, 5.74) is 2.67. The molecule has 0 atom stereocenters. The summed E-state index contributed by atoms with van der Waals surface area (Å²) in [6.45, 7) is 3.79. The Labute approximate surface area is 43.9 Å². The van der Waals surface area contributed by atoms with Crippen LogP contribution in [0.3, 0.4) is 0 Å². The maximum atomic E-state index is 3.70. The average molecular weight is 98.1 g/mol.